The van der Waals surface area contributed by atoms with Crippen molar-refractivity contribution in [3.63, 3.8) is 0 Å². The number of aliphatic imine (C=N–C) groups is 1. The van der Waals surface area contributed by atoms with Crippen LogP contribution in [0, 0.1) is 0 Å². The second-order valence-corrected chi connectivity index (χ2v) is 7.81. The van der Waals surface area contributed by atoms with Crippen molar-refractivity contribution in [1.82, 2.24) is 20.4 Å². The highest BCUT2D eigenvalue weighted by Crippen LogP contribution is 2.24. The fraction of sp³-hybridized carbons (Fsp3) is 0.682. The molecule has 0 amide bonds. The average Bonchev–Trinajstić information content (AvgIpc) is 3.18. The van der Waals surface area contributed by atoms with Crippen molar-refractivity contribution in [2.75, 3.05) is 66.6 Å². The van der Waals surface area contributed by atoms with Gasteiger partial charge in [0.25, 0.3) is 0 Å². The first-order valence-corrected chi connectivity index (χ1v) is 10.9. The quantitative estimate of drug-likeness (QED) is 0.509. The Morgan fingerprint density at radius 3 is 2.59 bits per heavy atom. The summed E-state index contributed by atoms with van der Waals surface area (Å²) in [6, 6.07) is 9.20. The topological polar surface area (TPSA) is 61.4 Å². The molecule has 7 nitrogen and oxygen atoms in total. The predicted molar refractivity (Wildman–Crippen MR) is 118 cm³/mol. The number of morpholine rings is 1. The van der Waals surface area contributed by atoms with E-state index in [1.54, 1.807) is 7.11 Å². The van der Waals surface area contributed by atoms with E-state index >= 15 is 0 Å². The molecule has 0 aromatic heterocycles. The first-order valence-electron chi connectivity index (χ1n) is 10.9. The molecule has 2 saturated heterocycles. The smallest absolute Gasteiger partial charge is 0.191 e. The van der Waals surface area contributed by atoms with Gasteiger partial charge in [-0.15, -0.1) is 0 Å². The SMILES string of the molecule is CCNC(=NCC(c1ccc(OC)cc1)N1CCOCC1)NCC1CCCN1C. The van der Waals surface area contributed by atoms with Crippen molar-refractivity contribution in [3.05, 3.63) is 29.8 Å². The van der Waals surface area contributed by atoms with Crippen molar-refractivity contribution in [3.8, 4) is 5.75 Å². The number of rotatable bonds is 8. The number of methoxy groups -OCH3 is 1. The molecule has 162 valence electrons. The van der Waals surface area contributed by atoms with Gasteiger partial charge in [0.05, 0.1) is 32.9 Å². The minimum atomic E-state index is 0.231. The summed E-state index contributed by atoms with van der Waals surface area (Å²) < 4.78 is 10.9. The van der Waals surface area contributed by atoms with Gasteiger partial charge in [-0.3, -0.25) is 9.89 Å². The zero-order valence-electron chi connectivity index (χ0n) is 18.2. The van der Waals surface area contributed by atoms with Crippen LogP contribution in [0.3, 0.4) is 0 Å². The Bertz CT molecular complexity index is 631. The minimum Gasteiger partial charge on any atom is -0.497 e. The van der Waals surface area contributed by atoms with Crippen LogP contribution in [-0.4, -0.2) is 88.4 Å². The highest BCUT2D eigenvalue weighted by Gasteiger charge is 2.23. The van der Waals surface area contributed by atoms with Crippen LogP contribution in [0.25, 0.3) is 0 Å². The van der Waals surface area contributed by atoms with E-state index in [0.717, 1.165) is 51.1 Å². The molecule has 1 aromatic carbocycles. The summed E-state index contributed by atoms with van der Waals surface area (Å²) in [5, 5.41) is 6.96. The molecule has 29 heavy (non-hydrogen) atoms. The molecule has 2 heterocycles. The largest absolute Gasteiger partial charge is 0.497 e. The van der Waals surface area contributed by atoms with Crippen molar-refractivity contribution in [1.29, 1.82) is 0 Å². The first kappa shape index (κ1) is 21.9. The van der Waals surface area contributed by atoms with Crippen LogP contribution in [0.2, 0.25) is 0 Å². The molecule has 2 unspecified atom stereocenters. The van der Waals surface area contributed by atoms with Crippen molar-refractivity contribution >= 4 is 5.96 Å². The Morgan fingerprint density at radius 2 is 1.97 bits per heavy atom. The number of likely N-dealkylation sites (N-methyl/N-ethyl adjacent to an activating group) is 1. The molecule has 2 fully saturated rings. The van der Waals surface area contributed by atoms with Gasteiger partial charge in [-0.2, -0.15) is 0 Å². The third kappa shape index (κ3) is 6.32. The van der Waals surface area contributed by atoms with Crippen LogP contribution < -0.4 is 15.4 Å². The van der Waals surface area contributed by atoms with Crippen LogP contribution in [0.5, 0.6) is 5.75 Å². The van der Waals surface area contributed by atoms with E-state index < -0.39 is 0 Å². The van der Waals surface area contributed by atoms with Crippen LogP contribution >= 0.6 is 0 Å². The third-order valence-electron chi connectivity index (χ3n) is 5.93. The highest BCUT2D eigenvalue weighted by atomic mass is 16.5. The van der Waals surface area contributed by atoms with Gasteiger partial charge in [-0.25, -0.2) is 0 Å². The number of hydrogen-bond donors (Lipinski definition) is 2. The fourth-order valence-electron chi connectivity index (χ4n) is 4.12. The van der Waals surface area contributed by atoms with Crippen molar-refractivity contribution < 1.29 is 9.47 Å². The Hall–Kier alpha value is -1.83. The first-order chi connectivity index (χ1) is 14.2. The van der Waals surface area contributed by atoms with E-state index in [9.17, 15) is 0 Å². The van der Waals surface area contributed by atoms with E-state index in [2.05, 4.69) is 46.5 Å². The molecule has 2 N–H and O–H groups in total. The second kappa shape index (κ2) is 11.4. The lowest BCUT2D eigenvalue weighted by atomic mass is 10.0. The average molecular weight is 404 g/mol. The summed E-state index contributed by atoms with van der Waals surface area (Å²) in [6.07, 6.45) is 2.54. The van der Waals surface area contributed by atoms with E-state index in [-0.39, 0.29) is 6.04 Å². The van der Waals surface area contributed by atoms with Gasteiger partial charge in [-0.1, -0.05) is 12.1 Å². The van der Waals surface area contributed by atoms with Gasteiger partial charge >= 0.3 is 0 Å². The second-order valence-electron chi connectivity index (χ2n) is 7.81. The minimum absolute atomic E-state index is 0.231. The van der Waals surface area contributed by atoms with Gasteiger partial charge in [0, 0.05) is 32.2 Å². The van der Waals surface area contributed by atoms with Crippen molar-refractivity contribution in [2.45, 2.75) is 31.8 Å². The maximum Gasteiger partial charge on any atom is 0.191 e. The lowest BCUT2D eigenvalue weighted by molar-refractivity contribution is 0.0179. The summed E-state index contributed by atoms with van der Waals surface area (Å²) in [7, 11) is 3.91. The molecular formula is C22H37N5O2. The Kier molecular flexibility index (Phi) is 8.58. The molecule has 0 bridgehead atoms. The Labute approximate surface area is 175 Å². The molecule has 0 radical (unpaired) electrons. The fourth-order valence-corrected chi connectivity index (χ4v) is 4.12. The predicted octanol–water partition coefficient (Wildman–Crippen LogP) is 1.72. The standard InChI is InChI=1S/C22H37N5O2/c1-4-23-22(24-16-19-6-5-11-26(19)2)25-17-21(27-12-14-29-15-13-27)18-7-9-20(28-3)10-8-18/h7-10,19,21H,4-6,11-17H2,1-3H3,(H2,23,24,25). The van der Waals surface area contributed by atoms with Gasteiger partial charge in [0.15, 0.2) is 5.96 Å². The van der Waals surface area contributed by atoms with Crippen LogP contribution in [-0.2, 0) is 4.74 Å². The lowest BCUT2D eigenvalue weighted by Gasteiger charge is -2.34. The number of nitrogens with one attached hydrogen (secondary N) is 2. The normalized spacial score (nSPS) is 22.4. The molecule has 1 aromatic rings. The van der Waals surface area contributed by atoms with Crippen molar-refractivity contribution in [2.24, 2.45) is 4.99 Å². The van der Waals surface area contributed by atoms with Gasteiger partial charge in [0.2, 0.25) is 0 Å². The van der Waals surface area contributed by atoms with E-state index in [0.29, 0.717) is 12.6 Å². The summed E-state index contributed by atoms with van der Waals surface area (Å²) >= 11 is 0. The molecule has 2 atom stereocenters. The Morgan fingerprint density at radius 1 is 1.21 bits per heavy atom. The number of nitrogens with zero attached hydrogens (tertiary/aromatic N) is 3. The monoisotopic (exact) mass is 403 g/mol. The van der Waals surface area contributed by atoms with Crippen LogP contribution in [0.4, 0.5) is 0 Å². The maximum atomic E-state index is 5.57. The zero-order chi connectivity index (χ0) is 20.5. The summed E-state index contributed by atoms with van der Waals surface area (Å²) in [6.45, 7) is 9.24. The highest BCUT2D eigenvalue weighted by molar-refractivity contribution is 5.79. The summed E-state index contributed by atoms with van der Waals surface area (Å²) in [5.74, 6) is 1.79. The Balaban J connectivity index is 1.69. The van der Waals surface area contributed by atoms with Crippen LogP contribution in [0.1, 0.15) is 31.4 Å². The summed E-state index contributed by atoms with van der Waals surface area (Å²) in [5.41, 5.74) is 1.27. The number of benzene rings is 1. The molecule has 7 heteroatoms. The molecule has 3 rings (SSSR count). The zero-order valence-corrected chi connectivity index (χ0v) is 18.2. The molecule has 0 spiro atoms. The van der Waals surface area contributed by atoms with E-state index in [1.807, 2.05) is 12.1 Å². The molecule has 2 aliphatic rings. The molecule has 0 saturated carbocycles. The van der Waals surface area contributed by atoms with E-state index in [4.69, 9.17) is 14.5 Å². The van der Waals surface area contributed by atoms with Gasteiger partial charge < -0.3 is 25.0 Å². The van der Waals surface area contributed by atoms with Gasteiger partial charge in [0.1, 0.15) is 5.75 Å². The number of ether oxygens (including phenoxy) is 2. The molecular weight excluding hydrogens is 366 g/mol. The van der Waals surface area contributed by atoms with Crippen LogP contribution in [0.15, 0.2) is 29.3 Å². The maximum absolute atomic E-state index is 5.57. The van der Waals surface area contributed by atoms with Gasteiger partial charge in [-0.05, 0) is 51.1 Å². The number of likely N-dealkylation sites (tertiary alicyclic amines) is 1. The number of guanidine groups is 1. The molecule has 0 aliphatic carbocycles. The van der Waals surface area contributed by atoms with E-state index in [1.165, 1.54) is 24.9 Å². The lowest BCUT2D eigenvalue weighted by Crippen LogP contribution is -2.45. The summed E-state index contributed by atoms with van der Waals surface area (Å²) in [4.78, 5) is 9.87. The third-order valence-corrected chi connectivity index (χ3v) is 5.93. The number of hydrogen-bond acceptors (Lipinski definition) is 5. The molecule has 2 aliphatic heterocycles.